The van der Waals surface area contributed by atoms with Crippen LogP contribution in [0.1, 0.15) is 5.56 Å². The van der Waals surface area contributed by atoms with E-state index in [4.69, 9.17) is 21.1 Å². The molecule has 0 radical (unpaired) electrons. The van der Waals surface area contributed by atoms with E-state index >= 15 is 0 Å². The molecule has 0 spiro atoms. The molecular weight excluding hydrogens is 379 g/mol. The molecular formula is C18H20ClFN2O5. The maximum absolute atomic E-state index is 13.1. The third-order valence-corrected chi connectivity index (χ3v) is 4.15. The topological polar surface area (TPSA) is 76.2 Å². The number of hydrogen-bond acceptors (Lipinski definition) is 5. The van der Waals surface area contributed by atoms with Gasteiger partial charge in [0.05, 0.1) is 24.8 Å². The molecule has 0 bridgehead atoms. The van der Waals surface area contributed by atoms with Gasteiger partial charge in [-0.15, -0.1) is 0 Å². The maximum atomic E-state index is 13.1. The number of rotatable bonds is 6. The zero-order chi connectivity index (χ0) is 19.8. The molecule has 0 N–H and O–H groups in total. The van der Waals surface area contributed by atoms with Gasteiger partial charge in [0, 0.05) is 26.2 Å². The number of morpholine rings is 1. The lowest BCUT2D eigenvalue weighted by Crippen LogP contribution is -2.46. The second-order valence-corrected chi connectivity index (χ2v) is 6.26. The van der Waals surface area contributed by atoms with Gasteiger partial charge in [0.1, 0.15) is 5.82 Å². The lowest BCUT2D eigenvalue weighted by Gasteiger charge is -2.28. The van der Waals surface area contributed by atoms with E-state index in [1.165, 1.54) is 36.2 Å². The number of amides is 2. The molecule has 2 rings (SSSR count). The van der Waals surface area contributed by atoms with Crippen molar-refractivity contribution in [3.8, 4) is 0 Å². The summed E-state index contributed by atoms with van der Waals surface area (Å²) in [4.78, 5) is 38.6. The van der Waals surface area contributed by atoms with E-state index in [1.807, 2.05) is 0 Å². The van der Waals surface area contributed by atoms with Crippen molar-refractivity contribution in [2.75, 3.05) is 46.5 Å². The van der Waals surface area contributed by atoms with E-state index in [2.05, 4.69) is 0 Å². The molecule has 1 fully saturated rings. The van der Waals surface area contributed by atoms with Gasteiger partial charge in [-0.05, 0) is 23.8 Å². The standard InChI is InChI=1S/C18H20ClFN2O5/c1-21(11-16(23)22-6-8-26-9-7-22)17(24)12-27-18(25)5-3-13-2-4-15(20)14(19)10-13/h2-5,10H,6-9,11-12H2,1H3/b5-3+. The van der Waals surface area contributed by atoms with Crippen LogP contribution in [0.5, 0.6) is 0 Å². The average Bonchev–Trinajstić information content (AvgIpc) is 2.67. The molecule has 0 aliphatic carbocycles. The molecule has 1 heterocycles. The van der Waals surface area contributed by atoms with Crippen LogP contribution in [0.3, 0.4) is 0 Å². The molecule has 146 valence electrons. The van der Waals surface area contributed by atoms with Crippen molar-refractivity contribution in [2.45, 2.75) is 0 Å². The monoisotopic (exact) mass is 398 g/mol. The zero-order valence-corrected chi connectivity index (χ0v) is 15.6. The normalized spacial score (nSPS) is 14.3. The molecule has 1 aliphatic heterocycles. The largest absolute Gasteiger partial charge is 0.452 e. The van der Waals surface area contributed by atoms with Crippen LogP contribution in [0.4, 0.5) is 4.39 Å². The van der Waals surface area contributed by atoms with Crippen molar-refractivity contribution >= 4 is 35.5 Å². The fraction of sp³-hybridized carbons (Fsp3) is 0.389. The lowest BCUT2D eigenvalue weighted by atomic mass is 10.2. The Kier molecular flexibility index (Phi) is 7.75. The number of carbonyl (C=O) groups is 3. The Morgan fingerprint density at radius 3 is 2.70 bits per heavy atom. The molecule has 1 aromatic rings. The smallest absolute Gasteiger partial charge is 0.331 e. The van der Waals surface area contributed by atoms with Gasteiger partial charge in [-0.3, -0.25) is 9.59 Å². The van der Waals surface area contributed by atoms with E-state index in [0.29, 0.717) is 31.9 Å². The van der Waals surface area contributed by atoms with E-state index < -0.39 is 24.3 Å². The Morgan fingerprint density at radius 2 is 2.04 bits per heavy atom. The van der Waals surface area contributed by atoms with E-state index in [-0.39, 0.29) is 17.5 Å². The van der Waals surface area contributed by atoms with Gasteiger partial charge >= 0.3 is 5.97 Å². The Hall–Kier alpha value is -2.45. The Balaban J connectivity index is 1.76. The molecule has 2 amide bonds. The molecule has 1 aliphatic rings. The Morgan fingerprint density at radius 1 is 1.33 bits per heavy atom. The number of ether oxygens (including phenoxy) is 2. The Bertz CT molecular complexity index is 734. The van der Waals surface area contributed by atoms with Crippen molar-refractivity contribution in [3.63, 3.8) is 0 Å². The Labute approximate surface area is 161 Å². The number of halogens is 2. The second kappa shape index (κ2) is 10.0. The maximum Gasteiger partial charge on any atom is 0.331 e. The first-order valence-corrected chi connectivity index (χ1v) is 8.64. The molecule has 0 aromatic heterocycles. The third kappa shape index (κ3) is 6.65. The first kappa shape index (κ1) is 20.9. The van der Waals surface area contributed by atoms with Gasteiger partial charge in [-0.2, -0.15) is 0 Å². The highest BCUT2D eigenvalue weighted by Crippen LogP contribution is 2.16. The second-order valence-electron chi connectivity index (χ2n) is 5.86. The van der Waals surface area contributed by atoms with Crippen LogP contribution in [-0.4, -0.2) is 74.1 Å². The number of likely N-dealkylation sites (N-methyl/N-ethyl adjacent to an activating group) is 1. The van der Waals surface area contributed by atoms with Crippen LogP contribution in [0.25, 0.3) is 6.08 Å². The molecule has 0 saturated carbocycles. The van der Waals surface area contributed by atoms with Crippen LogP contribution in [0, 0.1) is 5.82 Å². The minimum atomic E-state index is -0.739. The van der Waals surface area contributed by atoms with Gasteiger partial charge in [-0.1, -0.05) is 17.7 Å². The van der Waals surface area contributed by atoms with Crippen LogP contribution in [-0.2, 0) is 23.9 Å². The van der Waals surface area contributed by atoms with Gasteiger partial charge < -0.3 is 19.3 Å². The van der Waals surface area contributed by atoms with Gasteiger partial charge in [0.25, 0.3) is 5.91 Å². The minimum Gasteiger partial charge on any atom is -0.452 e. The fourth-order valence-corrected chi connectivity index (χ4v) is 2.46. The third-order valence-electron chi connectivity index (χ3n) is 3.86. The highest BCUT2D eigenvalue weighted by atomic mass is 35.5. The quantitative estimate of drug-likeness (QED) is 0.534. The summed E-state index contributed by atoms with van der Waals surface area (Å²) >= 11 is 5.65. The summed E-state index contributed by atoms with van der Waals surface area (Å²) in [6.07, 6.45) is 2.50. The van der Waals surface area contributed by atoms with E-state index in [1.54, 1.807) is 4.90 Å². The van der Waals surface area contributed by atoms with Crippen LogP contribution in [0.2, 0.25) is 5.02 Å². The molecule has 9 heteroatoms. The van der Waals surface area contributed by atoms with Gasteiger partial charge in [0.15, 0.2) is 6.61 Å². The first-order valence-electron chi connectivity index (χ1n) is 8.26. The minimum absolute atomic E-state index is 0.0627. The summed E-state index contributed by atoms with van der Waals surface area (Å²) in [6.45, 7) is 1.36. The summed E-state index contributed by atoms with van der Waals surface area (Å²) in [6, 6.07) is 3.98. The molecule has 0 atom stereocenters. The van der Waals surface area contributed by atoms with Crippen LogP contribution in [0.15, 0.2) is 24.3 Å². The van der Waals surface area contributed by atoms with Crippen LogP contribution < -0.4 is 0 Å². The predicted molar refractivity (Wildman–Crippen MR) is 96.4 cm³/mol. The summed E-state index contributed by atoms with van der Waals surface area (Å²) in [7, 11) is 1.46. The first-order chi connectivity index (χ1) is 12.9. The van der Waals surface area contributed by atoms with Crippen molar-refractivity contribution < 1.29 is 28.2 Å². The summed E-state index contributed by atoms with van der Waals surface area (Å²) in [5.74, 6) is -1.98. The summed E-state index contributed by atoms with van der Waals surface area (Å²) in [5, 5.41) is -0.0627. The molecule has 27 heavy (non-hydrogen) atoms. The number of carbonyl (C=O) groups excluding carboxylic acids is 3. The van der Waals surface area contributed by atoms with E-state index in [0.717, 1.165) is 6.08 Å². The summed E-state index contributed by atoms with van der Waals surface area (Å²) in [5.41, 5.74) is 0.512. The zero-order valence-electron chi connectivity index (χ0n) is 14.8. The number of benzene rings is 1. The fourth-order valence-electron chi connectivity index (χ4n) is 2.28. The highest BCUT2D eigenvalue weighted by molar-refractivity contribution is 6.30. The lowest BCUT2D eigenvalue weighted by molar-refractivity contribution is -0.149. The van der Waals surface area contributed by atoms with E-state index in [9.17, 15) is 18.8 Å². The molecule has 7 nitrogen and oxygen atoms in total. The van der Waals surface area contributed by atoms with Crippen molar-refractivity contribution in [1.82, 2.24) is 9.80 Å². The number of nitrogens with zero attached hydrogens (tertiary/aromatic N) is 2. The van der Waals surface area contributed by atoms with Crippen molar-refractivity contribution in [2.24, 2.45) is 0 Å². The van der Waals surface area contributed by atoms with Crippen LogP contribution >= 0.6 is 11.6 Å². The SMILES string of the molecule is CN(CC(=O)N1CCOCC1)C(=O)COC(=O)/C=C/c1ccc(F)c(Cl)c1. The number of hydrogen-bond donors (Lipinski definition) is 0. The predicted octanol–water partition coefficient (Wildman–Crippen LogP) is 1.35. The van der Waals surface area contributed by atoms with Crippen molar-refractivity contribution in [1.29, 1.82) is 0 Å². The number of esters is 1. The molecule has 0 unspecified atom stereocenters. The van der Waals surface area contributed by atoms with Gasteiger partial charge in [0.2, 0.25) is 5.91 Å². The van der Waals surface area contributed by atoms with Gasteiger partial charge in [-0.25, -0.2) is 9.18 Å². The molecule has 1 aromatic carbocycles. The van der Waals surface area contributed by atoms with Crippen molar-refractivity contribution in [3.05, 3.63) is 40.7 Å². The highest BCUT2D eigenvalue weighted by Gasteiger charge is 2.20. The summed E-state index contributed by atoms with van der Waals surface area (Å²) < 4.78 is 23.1. The average molecular weight is 399 g/mol. The molecule has 1 saturated heterocycles.